The summed E-state index contributed by atoms with van der Waals surface area (Å²) in [6, 6.07) is 16.0. The Balaban J connectivity index is 1.91. The molecule has 0 aliphatic carbocycles. The maximum atomic E-state index is 12.0. The Morgan fingerprint density at radius 3 is 2.56 bits per heavy atom. The monoisotopic (exact) mass is 334 g/mol. The van der Waals surface area contributed by atoms with Gasteiger partial charge in [0.1, 0.15) is 5.60 Å². The summed E-state index contributed by atoms with van der Waals surface area (Å²) in [5.74, 6) is 0. The summed E-state index contributed by atoms with van der Waals surface area (Å²) in [7, 11) is 0. The van der Waals surface area contributed by atoms with Crippen molar-refractivity contribution >= 4 is 22.7 Å². The third kappa shape index (κ3) is 4.35. The van der Waals surface area contributed by atoms with Crippen LogP contribution in [0.4, 0.5) is 10.5 Å². The zero-order valence-corrected chi connectivity index (χ0v) is 15.0. The van der Waals surface area contributed by atoms with Crippen LogP contribution in [0.15, 0.2) is 54.7 Å². The minimum Gasteiger partial charge on any atom is -0.444 e. The van der Waals surface area contributed by atoms with Crippen molar-refractivity contribution in [3.8, 4) is 11.1 Å². The number of hydrogen-bond donors (Lipinski definition) is 1. The minimum atomic E-state index is -0.529. The van der Waals surface area contributed by atoms with Crippen molar-refractivity contribution in [3.05, 3.63) is 60.3 Å². The van der Waals surface area contributed by atoms with Crippen LogP contribution in [0.3, 0.4) is 0 Å². The Morgan fingerprint density at radius 1 is 1.04 bits per heavy atom. The van der Waals surface area contributed by atoms with E-state index in [0.29, 0.717) is 5.69 Å². The molecular formula is C21H22N2O2. The smallest absolute Gasteiger partial charge is 0.412 e. The maximum Gasteiger partial charge on any atom is 0.412 e. The molecule has 0 fully saturated rings. The number of fused-ring (bicyclic) bond motifs is 1. The summed E-state index contributed by atoms with van der Waals surface area (Å²) < 4.78 is 5.32. The Hall–Kier alpha value is -2.88. The van der Waals surface area contributed by atoms with Crippen LogP contribution in [0.2, 0.25) is 0 Å². The number of nitrogens with one attached hydrogen (secondary N) is 1. The number of hydrogen-bond acceptors (Lipinski definition) is 3. The highest BCUT2D eigenvalue weighted by molar-refractivity contribution is 5.88. The van der Waals surface area contributed by atoms with Gasteiger partial charge in [-0.1, -0.05) is 24.3 Å². The first-order valence-corrected chi connectivity index (χ1v) is 8.27. The molecule has 0 unspecified atom stereocenters. The molecule has 4 heteroatoms. The summed E-state index contributed by atoms with van der Waals surface area (Å²) in [5, 5.41) is 3.89. The van der Waals surface area contributed by atoms with Gasteiger partial charge in [-0.05, 0) is 63.1 Å². The fraction of sp³-hybridized carbons (Fsp3) is 0.238. The summed E-state index contributed by atoms with van der Waals surface area (Å²) in [4.78, 5) is 16.5. The topological polar surface area (TPSA) is 51.2 Å². The van der Waals surface area contributed by atoms with Gasteiger partial charge in [0.15, 0.2) is 0 Å². The first kappa shape index (κ1) is 17.0. The Bertz CT molecular complexity index is 927. The van der Waals surface area contributed by atoms with Gasteiger partial charge in [-0.25, -0.2) is 4.79 Å². The van der Waals surface area contributed by atoms with Gasteiger partial charge in [0.25, 0.3) is 0 Å². The lowest BCUT2D eigenvalue weighted by Gasteiger charge is -2.20. The van der Waals surface area contributed by atoms with Crippen LogP contribution < -0.4 is 5.32 Å². The summed E-state index contributed by atoms with van der Waals surface area (Å²) in [6.45, 7) is 7.53. The molecule has 3 rings (SSSR count). The number of benzene rings is 2. The Morgan fingerprint density at radius 2 is 1.80 bits per heavy atom. The minimum absolute atomic E-state index is 0.458. The van der Waals surface area contributed by atoms with E-state index >= 15 is 0 Å². The van der Waals surface area contributed by atoms with Crippen LogP contribution in [-0.4, -0.2) is 16.7 Å². The SMILES string of the molecule is Cc1cc(NC(=O)OC(C)(C)C)cc(-c2cnc3ccccc3c2)c1. The van der Waals surface area contributed by atoms with E-state index in [1.165, 1.54) is 0 Å². The lowest BCUT2D eigenvalue weighted by Crippen LogP contribution is -2.27. The largest absolute Gasteiger partial charge is 0.444 e. The van der Waals surface area contributed by atoms with Crippen LogP contribution in [0.1, 0.15) is 26.3 Å². The van der Waals surface area contributed by atoms with Gasteiger partial charge < -0.3 is 4.74 Å². The van der Waals surface area contributed by atoms with E-state index in [9.17, 15) is 4.79 Å². The molecule has 2 aromatic carbocycles. The fourth-order valence-corrected chi connectivity index (χ4v) is 2.67. The van der Waals surface area contributed by atoms with E-state index < -0.39 is 11.7 Å². The van der Waals surface area contributed by atoms with E-state index in [1.54, 1.807) is 0 Å². The lowest BCUT2D eigenvalue weighted by molar-refractivity contribution is 0.0636. The van der Waals surface area contributed by atoms with Gasteiger partial charge in [0, 0.05) is 22.8 Å². The zero-order chi connectivity index (χ0) is 18.0. The Kier molecular flexibility index (Phi) is 4.45. The van der Waals surface area contributed by atoms with Gasteiger partial charge in [-0.15, -0.1) is 0 Å². The van der Waals surface area contributed by atoms with E-state index in [0.717, 1.165) is 27.6 Å². The number of nitrogens with zero attached hydrogens (tertiary/aromatic N) is 1. The quantitative estimate of drug-likeness (QED) is 0.668. The first-order valence-electron chi connectivity index (χ1n) is 8.27. The second kappa shape index (κ2) is 6.55. The van der Waals surface area contributed by atoms with Crippen molar-refractivity contribution in [2.75, 3.05) is 5.32 Å². The molecule has 1 N–H and O–H groups in total. The molecule has 4 nitrogen and oxygen atoms in total. The molecule has 0 aliphatic heterocycles. The van der Waals surface area contributed by atoms with Crippen LogP contribution in [0.5, 0.6) is 0 Å². The molecule has 25 heavy (non-hydrogen) atoms. The van der Waals surface area contributed by atoms with Gasteiger partial charge >= 0.3 is 6.09 Å². The van der Waals surface area contributed by atoms with Crippen molar-refractivity contribution in [1.29, 1.82) is 0 Å². The van der Waals surface area contributed by atoms with Gasteiger partial charge in [-0.3, -0.25) is 10.3 Å². The molecule has 0 saturated heterocycles. The number of anilines is 1. The van der Waals surface area contributed by atoms with Gasteiger partial charge in [0.05, 0.1) is 5.52 Å². The molecule has 0 spiro atoms. The highest BCUT2D eigenvalue weighted by atomic mass is 16.6. The second-order valence-electron chi connectivity index (χ2n) is 7.13. The van der Waals surface area contributed by atoms with Gasteiger partial charge in [-0.2, -0.15) is 0 Å². The molecule has 1 aromatic heterocycles. The third-order valence-electron chi connectivity index (χ3n) is 3.65. The average Bonchev–Trinajstić information content (AvgIpc) is 2.52. The molecule has 3 aromatic rings. The predicted molar refractivity (Wildman–Crippen MR) is 102 cm³/mol. The summed E-state index contributed by atoms with van der Waals surface area (Å²) in [6.07, 6.45) is 1.40. The number of pyridine rings is 1. The predicted octanol–water partition coefficient (Wildman–Crippen LogP) is 5.56. The molecule has 0 aliphatic rings. The normalized spacial score (nSPS) is 11.4. The van der Waals surface area contributed by atoms with Crippen molar-refractivity contribution in [2.24, 2.45) is 0 Å². The molecule has 0 saturated carbocycles. The molecule has 128 valence electrons. The van der Waals surface area contributed by atoms with Crippen LogP contribution >= 0.6 is 0 Å². The Labute approximate surface area is 147 Å². The number of para-hydroxylation sites is 1. The highest BCUT2D eigenvalue weighted by Gasteiger charge is 2.16. The molecule has 1 amide bonds. The number of aryl methyl sites for hydroxylation is 1. The number of carbonyl (C=O) groups excluding carboxylic acids is 1. The molecule has 0 atom stereocenters. The van der Waals surface area contributed by atoms with Crippen molar-refractivity contribution < 1.29 is 9.53 Å². The first-order chi connectivity index (χ1) is 11.8. The van der Waals surface area contributed by atoms with E-state index in [2.05, 4.69) is 22.4 Å². The van der Waals surface area contributed by atoms with Crippen molar-refractivity contribution in [2.45, 2.75) is 33.3 Å². The molecule has 0 radical (unpaired) electrons. The summed E-state index contributed by atoms with van der Waals surface area (Å²) >= 11 is 0. The molecule has 1 heterocycles. The van der Waals surface area contributed by atoms with E-state index in [1.807, 2.05) is 70.3 Å². The highest BCUT2D eigenvalue weighted by Crippen LogP contribution is 2.27. The average molecular weight is 334 g/mol. The zero-order valence-electron chi connectivity index (χ0n) is 15.0. The number of amides is 1. The maximum absolute atomic E-state index is 12.0. The molecule has 0 bridgehead atoms. The number of aromatic nitrogens is 1. The standard InChI is InChI=1S/C21H22N2O2/c1-14-9-16(12-18(10-14)23-20(24)25-21(2,3)4)17-11-15-7-5-6-8-19(15)22-13-17/h5-13H,1-4H3,(H,23,24). The third-order valence-corrected chi connectivity index (χ3v) is 3.65. The van der Waals surface area contributed by atoms with E-state index in [-0.39, 0.29) is 0 Å². The summed E-state index contributed by atoms with van der Waals surface area (Å²) in [5.41, 5.74) is 4.21. The second-order valence-corrected chi connectivity index (χ2v) is 7.13. The van der Waals surface area contributed by atoms with Crippen LogP contribution in [-0.2, 0) is 4.74 Å². The van der Waals surface area contributed by atoms with Crippen molar-refractivity contribution in [1.82, 2.24) is 4.98 Å². The number of carbonyl (C=O) groups is 1. The molecular weight excluding hydrogens is 312 g/mol. The van der Waals surface area contributed by atoms with Crippen LogP contribution in [0, 0.1) is 6.92 Å². The lowest BCUT2D eigenvalue weighted by atomic mass is 10.0. The van der Waals surface area contributed by atoms with E-state index in [4.69, 9.17) is 4.74 Å². The van der Waals surface area contributed by atoms with Crippen molar-refractivity contribution in [3.63, 3.8) is 0 Å². The number of rotatable bonds is 2. The number of ether oxygens (including phenoxy) is 1. The van der Waals surface area contributed by atoms with Gasteiger partial charge in [0.2, 0.25) is 0 Å². The van der Waals surface area contributed by atoms with Crippen LogP contribution in [0.25, 0.3) is 22.0 Å². The fourth-order valence-electron chi connectivity index (χ4n) is 2.67.